The van der Waals surface area contributed by atoms with Crippen molar-refractivity contribution in [2.45, 2.75) is 43.9 Å². The van der Waals surface area contributed by atoms with Gasteiger partial charge in [-0.2, -0.15) is 13.2 Å². The summed E-state index contributed by atoms with van der Waals surface area (Å²) in [6, 6.07) is 8.27. The standard InChI is InChI=1S/C22H22F3N3O3/c23-22(24,25)15-9-18(21(29)27-16-5-3-14(4-6-16)13-1-2-13)28(10-15)11-17-20-19(7-8-26-17)30-12-31-20/h3-8,13,15,18H,1-2,9-12H2,(H,27,29)/t15-,18+/m0/s1. The molecule has 2 atom stereocenters. The summed E-state index contributed by atoms with van der Waals surface area (Å²) in [6.07, 6.45) is -0.787. The first kappa shape index (κ1) is 20.1. The predicted molar refractivity (Wildman–Crippen MR) is 106 cm³/mol. The molecule has 0 radical (unpaired) electrons. The van der Waals surface area contributed by atoms with Crippen LogP contribution in [-0.4, -0.2) is 41.3 Å². The Morgan fingerprint density at radius 2 is 1.94 bits per heavy atom. The SMILES string of the molecule is O=C(Nc1ccc(C2CC2)cc1)[C@H]1C[C@H](C(F)(F)F)CN1Cc1nccc2c1OCO2. The zero-order chi connectivity index (χ0) is 21.6. The lowest BCUT2D eigenvalue weighted by Gasteiger charge is -2.23. The fraction of sp³-hybridized carbons (Fsp3) is 0.455. The average molecular weight is 433 g/mol. The van der Waals surface area contributed by atoms with E-state index < -0.39 is 24.0 Å². The number of carbonyl (C=O) groups excluding carboxylic acids is 1. The van der Waals surface area contributed by atoms with Crippen LogP contribution in [0.3, 0.4) is 0 Å². The number of amides is 1. The highest BCUT2D eigenvalue weighted by Gasteiger charge is 2.49. The molecule has 9 heteroatoms. The van der Waals surface area contributed by atoms with Gasteiger partial charge in [-0.05, 0) is 42.9 Å². The zero-order valence-corrected chi connectivity index (χ0v) is 16.7. The fourth-order valence-electron chi connectivity index (χ4n) is 4.27. The molecule has 5 rings (SSSR count). The minimum absolute atomic E-state index is 0.0416. The second-order valence-electron chi connectivity index (χ2n) is 8.30. The quantitative estimate of drug-likeness (QED) is 0.770. The molecule has 164 valence electrons. The number of fused-ring (bicyclic) bond motifs is 1. The summed E-state index contributed by atoms with van der Waals surface area (Å²) in [5.74, 6) is -0.500. The molecule has 31 heavy (non-hydrogen) atoms. The Morgan fingerprint density at radius 1 is 1.16 bits per heavy atom. The van der Waals surface area contributed by atoms with Gasteiger partial charge in [-0.1, -0.05) is 12.1 Å². The van der Waals surface area contributed by atoms with Crippen LogP contribution in [0.15, 0.2) is 36.5 Å². The van der Waals surface area contributed by atoms with Gasteiger partial charge in [-0.3, -0.25) is 14.7 Å². The Morgan fingerprint density at radius 3 is 2.65 bits per heavy atom. The average Bonchev–Trinajstić information content (AvgIpc) is 3.30. The van der Waals surface area contributed by atoms with Gasteiger partial charge >= 0.3 is 6.18 Å². The number of alkyl halides is 3. The van der Waals surface area contributed by atoms with Crippen LogP contribution in [0.4, 0.5) is 18.9 Å². The van der Waals surface area contributed by atoms with E-state index in [9.17, 15) is 18.0 Å². The number of likely N-dealkylation sites (tertiary alicyclic amines) is 1. The number of nitrogens with one attached hydrogen (secondary N) is 1. The van der Waals surface area contributed by atoms with Gasteiger partial charge in [-0.15, -0.1) is 0 Å². The first-order chi connectivity index (χ1) is 14.9. The molecule has 2 fully saturated rings. The molecule has 1 N–H and O–H groups in total. The maximum atomic E-state index is 13.5. The van der Waals surface area contributed by atoms with Crippen LogP contribution < -0.4 is 14.8 Å². The van der Waals surface area contributed by atoms with Gasteiger partial charge in [0.15, 0.2) is 11.5 Å². The van der Waals surface area contributed by atoms with Crippen molar-refractivity contribution in [3.8, 4) is 11.5 Å². The van der Waals surface area contributed by atoms with Crippen LogP contribution >= 0.6 is 0 Å². The molecule has 6 nitrogen and oxygen atoms in total. The molecule has 2 aromatic rings. The second kappa shape index (κ2) is 7.71. The van der Waals surface area contributed by atoms with Gasteiger partial charge in [0.2, 0.25) is 12.7 Å². The molecule has 1 saturated heterocycles. The summed E-state index contributed by atoms with van der Waals surface area (Å²) >= 11 is 0. The van der Waals surface area contributed by atoms with Crippen LogP contribution in [0.1, 0.15) is 36.4 Å². The van der Waals surface area contributed by atoms with Crippen LogP contribution in [0.25, 0.3) is 0 Å². The number of pyridine rings is 1. The van der Waals surface area contributed by atoms with E-state index in [2.05, 4.69) is 10.3 Å². The maximum Gasteiger partial charge on any atom is 0.393 e. The largest absolute Gasteiger partial charge is 0.453 e. The number of aromatic nitrogens is 1. The summed E-state index contributed by atoms with van der Waals surface area (Å²) in [5, 5.41) is 2.79. The fourth-order valence-corrected chi connectivity index (χ4v) is 4.27. The number of carbonyl (C=O) groups is 1. The number of nitrogens with zero attached hydrogens (tertiary/aromatic N) is 2. The Bertz CT molecular complexity index is 976. The molecule has 3 heterocycles. The minimum atomic E-state index is -4.37. The summed E-state index contributed by atoms with van der Waals surface area (Å²) in [4.78, 5) is 18.7. The zero-order valence-electron chi connectivity index (χ0n) is 16.7. The third kappa shape index (κ3) is 4.19. The third-order valence-corrected chi connectivity index (χ3v) is 6.11. The predicted octanol–water partition coefficient (Wildman–Crippen LogP) is 4.08. The lowest BCUT2D eigenvalue weighted by molar-refractivity contribution is -0.170. The highest BCUT2D eigenvalue weighted by Crippen LogP contribution is 2.41. The molecule has 0 spiro atoms. The van der Waals surface area contributed by atoms with E-state index in [1.165, 1.54) is 29.5 Å². The van der Waals surface area contributed by atoms with Crippen molar-refractivity contribution >= 4 is 11.6 Å². The molecule has 1 amide bonds. The molecule has 1 aromatic carbocycles. The van der Waals surface area contributed by atoms with Crippen molar-refractivity contribution in [1.29, 1.82) is 0 Å². The van der Waals surface area contributed by atoms with Gasteiger partial charge in [0.05, 0.1) is 12.0 Å². The minimum Gasteiger partial charge on any atom is -0.453 e. The molecule has 2 aliphatic heterocycles. The third-order valence-electron chi connectivity index (χ3n) is 6.11. The van der Waals surface area contributed by atoms with E-state index in [1.807, 2.05) is 24.3 Å². The van der Waals surface area contributed by atoms with Crippen LogP contribution in [0.5, 0.6) is 11.5 Å². The normalized spacial score (nSPS) is 23.2. The monoisotopic (exact) mass is 433 g/mol. The molecular formula is C22H22F3N3O3. The summed E-state index contributed by atoms with van der Waals surface area (Å²) in [7, 11) is 0. The van der Waals surface area contributed by atoms with E-state index in [1.54, 1.807) is 6.07 Å². The van der Waals surface area contributed by atoms with E-state index in [4.69, 9.17) is 9.47 Å². The first-order valence-electron chi connectivity index (χ1n) is 10.3. The van der Waals surface area contributed by atoms with Gasteiger partial charge in [0, 0.05) is 31.0 Å². The number of rotatable bonds is 5. The van der Waals surface area contributed by atoms with Crippen LogP contribution in [0, 0.1) is 5.92 Å². The highest BCUT2D eigenvalue weighted by atomic mass is 19.4. The van der Waals surface area contributed by atoms with Crippen molar-refractivity contribution < 1.29 is 27.4 Å². The Labute approximate surface area is 177 Å². The molecule has 3 aliphatic rings. The number of ether oxygens (including phenoxy) is 2. The summed E-state index contributed by atoms with van der Waals surface area (Å²) in [5.41, 5.74) is 2.27. The van der Waals surface area contributed by atoms with E-state index in [0.717, 1.165) is 0 Å². The number of anilines is 1. The number of hydrogen-bond donors (Lipinski definition) is 1. The molecular weight excluding hydrogens is 411 g/mol. The molecule has 1 saturated carbocycles. The summed E-state index contributed by atoms with van der Waals surface area (Å²) < 4.78 is 51.1. The number of benzene rings is 1. The van der Waals surface area contributed by atoms with Gasteiger partial charge < -0.3 is 14.8 Å². The Balaban J connectivity index is 1.34. The lowest BCUT2D eigenvalue weighted by Crippen LogP contribution is -2.39. The van der Waals surface area contributed by atoms with E-state index >= 15 is 0 Å². The Kier molecular flexibility index (Phi) is 5.00. The van der Waals surface area contributed by atoms with Crippen molar-refractivity contribution in [3.63, 3.8) is 0 Å². The van der Waals surface area contributed by atoms with Gasteiger partial charge in [-0.25, -0.2) is 0 Å². The van der Waals surface area contributed by atoms with Crippen LogP contribution in [0.2, 0.25) is 0 Å². The molecule has 0 bridgehead atoms. The number of halogens is 3. The number of hydrogen-bond acceptors (Lipinski definition) is 5. The van der Waals surface area contributed by atoms with Crippen molar-refractivity contribution in [2.24, 2.45) is 5.92 Å². The molecule has 1 aliphatic carbocycles. The summed E-state index contributed by atoms with van der Waals surface area (Å²) in [6.45, 7) is -0.161. The molecule has 0 unspecified atom stereocenters. The first-order valence-corrected chi connectivity index (χ1v) is 10.3. The maximum absolute atomic E-state index is 13.5. The van der Waals surface area contributed by atoms with Crippen molar-refractivity contribution in [3.05, 3.63) is 47.8 Å². The van der Waals surface area contributed by atoms with Crippen molar-refractivity contribution in [2.75, 3.05) is 18.7 Å². The molecule has 1 aromatic heterocycles. The highest BCUT2D eigenvalue weighted by molar-refractivity contribution is 5.95. The topological polar surface area (TPSA) is 63.7 Å². The Hall–Kier alpha value is -2.81. The second-order valence-corrected chi connectivity index (χ2v) is 8.30. The van der Waals surface area contributed by atoms with Crippen molar-refractivity contribution in [1.82, 2.24) is 9.88 Å². The van der Waals surface area contributed by atoms with Crippen LogP contribution in [-0.2, 0) is 11.3 Å². The van der Waals surface area contributed by atoms with Gasteiger partial charge in [0.1, 0.15) is 5.69 Å². The van der Waals surface area contributed by atoms with E-state index in [0.29, 0.717) is 28.8 Å². The smallest absolute Gasteiger partial charge is 0.393 e. The van der Waals surface area contributed by atoms with E-state index in [-0.39, 0.29) is 26.3 Å². The van der Waals surface area contributed by atoms with Gasteiger partial charge in [0.25, 0.3) is 0 Å². The lowest BCUT2D eigenvalue weighted by atomic mass is 10.0.